The number of nitrogens with two attached hydrogens (primary N) is 1. The van der Waals surface area contributed by atoms with Gasteiger partial charge in [-0.1, -0.05) is 13.3 Å². The molecule has 0 spiro atoms. The maximum atomic E-state index is 12.1. The Balaban J connectivity index is 1.60. The molecule has 3 aliphatic rings. The summed E-state index contributed by atoms with van der Waals surface area (Å²) in [6, 6.07) is 0. The van der Waals surface area contributed by atoms with Crippen LogP contribution in [0.15, 0.2) is 0 Å². The van der Waals surface area contributed by atoms with E-state index in [2.05, 4.69) is 24.2 Å². The number of rotatable bonds is 8. The molecule has 0 aromatic heterocycles. The third-order valence-corrected chi connectivity index (χ3v) is 6.16. The van der Waals surface area contributed by atoms with Gasteiger partial charge in [-0.3, -0.25) is 4.79 Å². The number of carbonyl (C=O) groups excluding carboxylic acids is 1. The van der Waals surface area contributed by atoms with Gasteiger partial charge in [0.25, 0.3) is 0 Å². The van der Waals surface area contributed by atoms with Crippen molar-refractivity contribution >= 4 is 5.91 Å². The molecule has 0 radical (unpaired) electrons. The Bertz CT molecular complexity index is 395. The summed E-state index contributed by atoms with van der Waals surface area (Å²) in [5, 5.41) is 3.43. The molecular formula is C17H31N3O. The van der Waals surface area contributed by atoms with Crippen LogP contribution in [0.3, 0.4) is 0 Å². The zero-order valence-corrected chi connectivity index (χ0v) is 13.6. The van der Waals surface area contributed by atoms with Crippen molar-refractivity contribution in [2.75, 3.05) is 26.7 Å². The largest absolute Gasteiger partial charge is 0.368 e. The van der Waals surface area contributed by atoms with E-state index in [-0.39, 0.29) is 5.91 Å². The highest BCUT2D eigenvalue weighted by Gasteiger charge is 2.50. The fourth-order valence-electron chi connectivity index (χ4n) is 5.08. The fraction of sp³-hybridized carbons (Fsp3) is 0.941. The SMILES string of the molecule is CCNC(CN(C)CC1CC2CCC1C2)(C(N)=O)C1CC1. The Morgan fingerprint density at radius 3 is 2.52 bits per heavy atom. The van der Waals surface area contributed by atoms with Gasteiger partial charge in [0.15, 0.2) is 0 Å². The van der Waals surface area contributed by atoms with Crippen LogP contribution in [0.1, 0.15) is 45.4 Å². The van der Waals surface area contributed by atoms with Gasteiger partial charge in [0.2, 0.25) is 5.91 Å². The van der Waals surface area contributed by atoms with E-state index in [1.807, 2.05) is 0 Å². The van der Waals surface area contributed by atoms with Crippen LogP contribution in [0.2, 0.25) is 0 Å². The molecule has 3 aliphatic carbocycles. The highest BCUT2D eigenvalue weighted by Crippen LogP contribution is 2.48. The number of fused-ring (bicyclic) bond motifs is 2. The maximum absolute atomic E-state index is 12.1. The lowest BCUT2D eigenvalue weighted by atomic mass is 9.87. The van der Waals surface area contributed by atoms with Crippen molar-refractivity contribution in [2.45, 2.75) is 51.0 Å². The molecule has 0 saturated heterocycles. The second-order valence-corrected chi connectivity index (χ2v) is 7.77. The molecule has 3 saturated carbocycles. The zero-order valence-electron chi connectivity index (χ0n) is 13.6. The lowest BCUT2D eigenvalue weighted by Crippen LogP contribution is -2.63. The quantitative estimate of drug-likeness (QED) is 0.714. The van der Waals surface area contributed by atoms with Gasteiger partial charge in [0.1, 0.15) is 5.54 Å². The minimum atomic E-state index is -0.499. The van der Waals surface area contributed by atoms with Gasteiger partial charge in [0, 0.05) is 13.1 Å². The molecule has 4 heteroatoms. The number of nitrogens with zero attached hydrogens (tertiary/aromatic N) is 1. The predicted octanol–water partition coefficient (Wildman–Crippen LogP) is 1.60. The number of hydrogen-bond donors (Lipinski definition) is 2. The number of primary amides is 1. The normalized spacial score (nSPS) is 34.3. The Morgan fingerprint density at radius 1 is 1.29 bits per heavy atom. The van der Waals surface area contributed by atoms with E-state index >= 15 is 0 Å². The Hall–Kier alpha value is -0.610. The van der Waals surface area contributed by atoms with Gasteiger partial charge in [-0.05, 0) is 69.4 Å². The van der Waals surface area contributed by atoms with Gasteiger partial charge in [-0.25, -0.2) is 0 Å². The van der Waals surface area contributed by atoms with Crippen molar-refractivity contribution in [3.8, 4) is 0 Å². The zero-order chi connectivity index (χ0) is 15.0. The highest BCUT2D eigenvalue weighted by atomic mass is 16.1. The Labute approximate surface area is 128 Å². The van der Waals surface area contributed by atoms with Gasteiger partial charge in [-0.15, -0.1) is 0 Å². The minimum absolute atomic E-state index is 0.161. The molecule has 0 heterocycles. The van der Waals surface area contributed by atoms with Gasteiger partial charge in [-0.2, -0.15) is 0 Å². The van der Waals surface area contributed by atoms with Crippen molar-refractivity contribution in [2.24, 2.45) is 29.4 Å². The summed E-state index contributed by atoms with van der Waals surface area (Å²) in [5.41, 5.74) is 5.29. The Kier molecular flexibility index (Phi) is 4.28. The average molecular weight is 293 g/mol. The van der Waals surface area contributed by atoms with Crippen molar-refractivity contribution < 1.29 is 4.79 Å². The number of nitrogens with one attached hydrogen (secondary N) is 1. The van der Waals surface area contributed by atoms with Crippen LogP contribution in [-0.2, 0) is 4.79 Å². The molecule has 3 fully saturated rings. The van der Waals surface area contributed by atoms with Gasteiger partial charge < -0.3 is 16.0 Å². The second kappa shape index (κ2) is 5.88. The highest BCUT2D eigenvalue weighted by molar-refractivity contribution is 5.86. The summed E-state index contributed by atoms with van der Waals surface area (Å²) in [7, 11) is 2.17. The number of amides is 1. The smallest absolute Gasteiger partial charge is 0.239 e. The molecule has 21 heavy (non-hydrogen) atoms. The summed E-state index contributed by atoms with van der Waals surface area (Å²) < 4.78 is 0. The molecule has 120 valence electrons. The molecule has 0 aromatic rings. The van der Waals surface area contributed by atoms with Crippen LogP contribution < -0.4 is 11.1 Å². The van der Waals surface area contributed by atoms with E-state index in [1.165, 1.54) is 25.7 Å². The first-order valence-electron chi connectivity index (χ1n) is 8.78. The second-order valence-electron chi connectivity index (χ2n) is 7.77. The van der Waals surface area contributed by atoms with E-state index in [0.29, 0.717) is 5.92 Å². The van der Waals surface area contributed by atoms with Gasteiger partial charge >= 0.3 is 0 Å². The van der Waals surface area contributed by atoms with E-state index in [4.69, 9.17) is 5.73 Å². The minimum Gasteiger partial charge on any atom is -0.368 e. The lowest BCUT2D eigenvalue weighted by Gasteiger charge is -2.37. The molecule has 3 N–H and O–H groups in total. The predicted molar refractivity (Wildman–Crippen MR) is 84.8 cm³/mol. The third kappa shape index (κ3) is 2.98. The maximum Gasteiger partial charge on any atom is 0.239 e. The number of hydrogen-bond acceptors (Lipinski definition) is 3. The molecule has 2 bridgehead atoms. The van der Waals surface area contributed by atoms with E-state index in [1.54, 1.807) is 0 Å². The van der Waals surface area contributed by atoms with Crippen molar-refractivity contribution in [3.05, 3.63) is 0 Å². The summed E-state index contributed by atoms with van der Waals surface area (Å²) in [6.45, 7) is 4.78. The monoisotopic (exact) mass is 293 g/mol. The first kappa shape index (κ1) is 15.3. The standard InChI is InChI=1S/C17H31N3O/c1-3-19-17(16(18)21,15-6-7-15)11-20(2)10-14-9-12-4-5-13(14)8-12/h12-15,19H,3-11H2,1-2H3,(H2,18,21). The summed E-state index contributed by atoms with van der Waals surface area (Å²) in [5.74, 6) is 3.07. The van der Waals surface area contributed by atoms with Crippen LogP contribution in [0.5, 0.6) is 0 Å². The topological polar surface area (TPSA) is 58.4 Å². The number of likely N-dealkylation sites (N-methyl/N-ethyl adjacent to an activating group) is 2. The van der Waals surface area contributed by atoms with Crippen molar-refractivity contribution in [1.82, 2.24) is 10.2 Å². The molecule has 0 aliphatic heterocycles. The number of carbonyl (C=O) groups is 1. The third-order valence-electron chi connectivity index (χ3n) is 6.16. The summed E-state index contributed by atoms with van der Waals surface area (Å²) in [4.78, 5) is 14.5. The molecule has 4 unspecified atom stereocenters. The van der Waals surface area contributed by atoms with Crippen molar-refractivity contribution in [1.29, 1.82) is 0 Å². The first-order valence-corrected chi connectivity index (χ1v) is 8.78. The molecule has 4 nitrogen and oxygen atoms in total. The molecule has 4 atom stereocenters. The van der Waals surface area contributed by atoms with Gasteiger partial charge in [0.05, 0.1) is 0 Å². The van der Waals surface area contributed by atoms with E-state index < -0.39 is 5.54 Å². The molecule has 0 aromatic carbocycles. The average Bonchev–Trinajstić information content (AvgIpc) is 3.09. The lowest BCUT2D eigenvalue weighted by molar-refractivity contribution is -0.126. The first-order chi connectivity index (χ1) is 10.0. The molecular weight excluding hydrogens is 262 g/mol. The van der Waals surface area contributed by atoms with E-state index in [9.17, 15) is 4.79 Å². The molecule has 3 rings (SSSR count). The summed E-state index contributed by atoms with van der Waals surface area (Å²) >= 11 is 0. The summed E-state index contributed by atoms with van der Waals surface area (Å²) in [6.07, 6.45) is 8.02. The van der Waals surface area contributed by atoms with Crippen LogP contribution in [0, 0.1) is 23.7 Å². The molecule has 1 amide bonds. The van der Waals surface area contributed by atoms with Crippen LogP contribution in [0.4, 0.5) is 0 Å². The van der Waals surface area contributed by atoms with Crippen LogP contribution in [0.25, 0.3) is 0 Å². The fourth-order valence-corrected chi connectivity index (χ4v) is 5.08. The van der Waals surface area contributed by atoms with Crippen molar-refractivity contribution in [3.63, 3.8) is 0 Å². The Morgan fingerprint density at radius 2 is 2.05 bits per heavy atom. The van der Waals surface area contributed by atoms with Crippen LogP contribution in [-0.4, -0.2) is 43.0 Å². The van der Waals surface area contributed by atoms with E-state index in [0.717, 1.165) is 50.2 Å². The van der Waals surface area contributed by atoms with Crippen LogP contribution >= 0.6 is 0 Å².